The number of hydrazone groups is 1. The summed E-state index contributed by atoms with van der Waals surface area (Å²) in [7, 11) is 1.45. The number of aryl methyl sites for hydroxylation is 1. The monoisotopic (exact) mass is 436 g/mol. The molecule has 0 saturated heterocycles. The Morgan fingerprint density at radius 1 is 1.16 bits per heavy atom. The van der Waals surface area contributed by atoms with Gasteiger partial charge in [0.1, 0.15) is 17.3 Å². The highest BCUT2D eigenvalue weighted by Crippen LogP contribution is 2.34. The van der Waals surface area contributed by atoms with Crippen LogP contribution in [0.2, 0.25) is 0 Å². The lowest BCUT2D eigenvalue weighted by molar-refractivity contribution is -0.384. The molecule has 1 aromatic heterocycles. The van der Waals surface area contributed by atoms with Gasteiger partial charge in [-0.3, -0.25) is 19.7 Å². The van der Waals surface area contributed by atoms with Crippen molar-refractivity contribution < 1.29 is 23.7 Å². The molecule has 10 nitrogen and oxygen atoms in total. The molecule has 0 aliphatic carbocycles. The highest BCUT2D eigenvalue weighted by molar-refractivity contribution is 5.96. The molecular weight excluding hydrogens is 416 g/mol. The number of furan rings is 1. The van der Waals surface area contributed by atoms with E-state index in [4.69, 9.17) is 9.15 Å². The number of nitro benzene ring substituents is 1. The number of nitrogens with one attached hydrogen (secondary N) is 2. The number of ether oxygens (including phenoxy) is 1. The van der Waals surface area contributed by atoms with E-state index in [0.29, 0.717) is 28.4 Å². The third-order valence-corrected chi connectivity index (χ3v) is 4.39. The van der Waals surface area contributed by atoms with E-state index in [9.17, 15) is 19.7 Å². The van der Waals surface area contributed by atoms with E-state index in [1.807, 2.05) is 6.92 Å². The minimum absolute atomic E-state index is 0.104. The molecule has 0 fully saturated rings. The van der Waals surface area contributed by atoms with Gasteiger partial charge in [-0.2, -0.15) is 5.10 Å². The molecule has 0 spiro atoms. The van der Waals surface area contributed by atoms with Gasteiger partial charge in [-0.1, -0.05) is 17.7 Å². The second kappa shape index (κ2) is 10.0. The van der Waals surface area contributed by atoms with Crippen LogP contribution in [0.3, 0.4) is 0 Å². The van der Waals surface area contributed by atoms with Gasteiger partial charge in [0.25, 0.3) is 17.5 Å². The largest absolute Gasteiger partial charge is 0.496 e. The number of rotatable bonds is 8. The van der Waals surface area contributed by atoms with Crippen LogP contribution in [-0.4, -0.2) is 36.6 Å². The van der Waals surface area contributed by atoms with Crippen LogP contribution in [0.25, 0.3) is 11.3 Å². The van der Waals surface area contributed by atoms with E-state index < -0.39 is 10.8 Å². The Hall–Kier alpha value is -4.47. The lowest BCUT2D eigenvalue weighted by Crippen LogP contribution is -2.34. The number of methoxy groups -OCH3 is 1. The fraction of sp³-hybridized carbons (Fsp3) is 0.136. The predicted octanol–water partition coefficient (Wildman–Crippen LogP) is 3.05. The van der Waals surface area contributed by atoms with Crippen molar-refractivity contribution in [2.75, 3.05) is 13.7 Å². The van der Waals surface area contributed by atoms with Gasteiger partial charge in [0.05, 0.1) is 30.4 Å². The smallest absolute Gasteiger partial charge is 0.270 e. The molecule has 0 radical (unpaired) electrons. The van der Waals surface area contributed by atoms with Crippen molar-refractivity contribution in [1.29, 1.82) is 0 Å². The van der Waals surface area contributed by atoms with Gasteiger partial charge in [0.2, 0.25) is 0 Å². The van der Waals surface area contributed by atoms with Crippen LogP contribution in [0.4, 0.5) is 5.69 Å². The molecule has 3 aromatic rings. The van der Waals surface area contributed by atoms with Crippen molar-refractivity contribution in [3.05, 3.63) is 81.6 Å². The maximum Gasteiger partial charge on any atom is 0.270 e. The van der Waals surface area contributed by atoms with Crippen LogP contribution in [0.5, 0.6) is 5.75 Å². The molecular formula is C22H20N4O6. The van der Waals surface area contributed by atoms with Crippen molar-refractivity contribution >= 4 is 23.7 Å². The first-order valence-corrected chi connectivity index (χ1v) is 9.47. The van der Waals surface area contributed by atoms with Crippen LogP contribution < -0.4 is 15.5 Å². The summed E-state index contributed by atoms with van der Waals surface area (Å²) in [5.41, 5.74) is 4.06. The molecule has 3 rings (SSSR count). The molecule has 0 unspecified atom stereocenters. The zero-order chi connectivity index (χ0) is 23.1. The van der Waals surface area contributed by atoms with Crippen LogP contribution >= 0.6 is 0 Å². The number of carbonyl (C=O) groups is 2. The number of nitro groups is 1. The molecule has 0 aliphatic heterocycles. The molecule has 2 amide bonds. The van der Waals surface area contributed by atoms with Gasteiger partial charge in [0.15, 0.2) is 0 Å². The van der Waals surface area contributed by atoms with E-state index in [-0.39, 0.29) is 18.1 Å². The number of carbonyl (C=O) groups excluding carboxylic acids is 2. The van der Waals surface area contributed by atoms with Crippen molar-refractivity contribution in [3.63, 3.8) is 0 Å². The Balaban J connectivity index is 1.57. The van der Waals surface area contributed by atoms with Crippen LogP contribution in [0, 0.1) is 17.0 Å². The summed E-state index contributed by atoms with van der Waals surface area (Å²) in [6.45, 7) is 1.66. The van der Waals surface area contributed by atoms with Crippen LogP contribution in [-0.2, 0) is 4.79 Å². The van der Waals surface area contributed by atoms with E-state index in [0.717, 1.165) is 5.56 Å². The van der Waals surface area contributed by atoms with Gasteiger partial charge < -0.3 is 14.5 Å². The fourth-order valence-electron chi connectivity index (χ4n) is 2.74. The van der Waals surface area contributed by atoms with Gasteiger partial charge >= 0.3 is 0 Å². The Morgan fingerprint density at radius 2 is 1.91 bits per heavy atom. The van der Waals surface area contributed by atoms with Gasteiger partial charge in [-0.25, -0.2) is 5.43 Å². The van der Waals surface area contributed by atoms with Crippen molar-refractivity contribution in [1.82, 2.24) is 10.7 Å². The lowest BCUT2D eigenvalue weighted by atomic mass is 10.1. The summed E-state index contributed by atoms with van der Waals surface area (Å²) >= 11 is 0. The summed E-state index contributed by atoms with van der Waals surface area (Å²) < 4.78 is 10.9. The Kier molecular flexibility index (Phi) is 6.96. The Morgan fingerprint density at radius 3 is 2.59 bits per heavy atom. The highest BCUT2D eigenvalue weighted by Gasteiger charge is 2.15. The summed E-state index contributed by atoms with van der Waals surface area (Å²) in [5.74, 6) is 0.159. The Bertz CT molecular complexity index is 1170. The van der Waals surface area contributed by atoms with Gasteiger partial charge in [-0.05, 0) is 37.3 Å². The average molecular weight is 436 g/mol. The fourth-order valence-corrected chi connectivity index (χ4v) is 2.74. The molecule has 0 aliphatic rings. The number of benzene rings is 2. The highest BCUT2D eigenvalue weighted by atomic mass is 16.6. The number of hydrogen-bond acceptors (Lipinski definition) is 7. The summed E-state index contributed by atoms with van der Waals surface area (Å²) in [4.78, 5) is 34.4. The van der Waals surface area contributed by atoms with E-state index in [2.05, 4.69) is 15.8 Å². The minimum atomic E-state index is -0.520. The summed E-state index contributed by atoms with van der Waals surface area (Å²) in [6, 6.07) is 14.3. The maximum atomic E-state index is 12.0. The molecule has 0 saturated carbocycles. The van der Waals surface area contributed by atoms with E-state index in [1.54, 1.807) is 36.4 Å². The molecule has 10 heteroatoms. The number of nitrogens with zero attached hydrogens (tertiary/aromatic N) is 2. The first-order valence-electron chi connectivity index (χ1n) is 9.47. The van der Waals surface area contributed by atoms with Crippen LogP contribution in [0.15, 0.2) is 64.1 Å². The van der Waals surface area contributed by atoms with Crippen molar-refractivity contribution in [2.24, 2.45) is 5.10 Å². The number of non-ortho nitro benzene ring substituents is 1. The minimum Gasteiger partial charge on any atom is -0.496 e. The van der Waals surface area contributed by atoms with Gasteiger partial charge in [-0.15, -0.1) is 0 Å². The zero-order valence-electron chi connectivity index (χ0n) is 17.3. The third kappa shape index (κ3) is 5.57. The zero-order valence-corrected chi connectivity index (χ0v) is 17.3. The van der Waals surface area contributed by atoms with Crippen LogP contribution in [0.1, 0.15) is 21.7 Å². The van der Waals surface area contributed by atoms with E-state index in [1.165, 1.54) is 31.5 Å². The van der Waals surface area contributed by atoms with Crippen molar-refractivity contribution in [3.8, 4) is 17.1 Å². The normalized spacial score (nSPS) is 10.7. The molecule has 1 heterocycles. The standard InChI is InChI=1S/C22H20N4O6/c1-14-3-5-15(6-4-14)22(28)23-13-21(27)25-24-12-17-8-10-20(32-17)18-11-16(26(29)30)7-9-19(18)31-2/h3-12H,13H2,1-2H3,(H,23,28)(H,25,27). The SMILES string of the molecule is COc1ccc([N+](=O)[O-])cc1-c1ccc(C=NNC(=O)CNC(=O)c2ccc(C)cc2)o1. The first-order chi connectivity index (χ1) is 15.4. The summed E-state index contributed by atoms with van der Waals surface area (Å²) in [5, 5.41) is 17.3. The quantitative estimate of drug-likeness (QED) is 0.316. The second-order valence-corrected chi connectivity index (χ2v) is 6.69. The summed E-state index contributed by atoms with van der Waals surface area (Å²) in [6.07, 6.45) is 1.27. The third-order valence-electron chi connectivity index (χ3n) is 4.39. The molecule has 0 atom stereocenters. The Labute approximate surface area is 183 Å². The molecule has 2 N–H and O–H groups in total. The van der Waals surface area contributed by atoms with Gasteiger partial charge in [0, 0.05) is 17.7 Å². The second-order valence-electron chi connectivity index (χ2n) is 6.69. The molecule has 164 valence electrons. The first kappa shape index (κ1) is 22.2. The van der Waals surface area contributed by atoms with E-state index >= 15 is 0 Å². The van der Waals surface area contributed by atoms with Crippen molar-refractivity contribution in [2.45, 2.75) is 6.92 Å². The average Bonchev–Trinajstić information content (AvgIpc) is 3.26. The molecule has 0 bridgehead atoms. The topological polar surface area (TPSA) is 136 Å². The molecule has 2 aromatic carbocycles. The lowest BCUT2D eigenvalue weighted by Gasteiger charge is -2.05. The number of hydrogen-bond donors (Lipinski definition) is 2. The molecule has 32 heavy (non-hydrogen) atoms. The predicted molar refractivity (Wildman–Crippen MR) is 117 cm³/mol. The number of amides is 2. The maximum absolute atomic E-state index is 12.0.